The summed E-state index contributed by atoms with van der Waals surface area (Å²) in [7, 11) is 1.68. The van der Waals surface area contributed by atoms with Crippen LogP contribution in [0.15, 0.2) is 60.2 Å². The molecule has 332 valence electrons. The number of hydrogen-bond donors (Lipinski definition) is 4. The predicted octanol–water partition coefficient (Wildman–Crippen LogP) is 6.45. The Hall–Kier alpha value is -3.30. The molecule has 3 rings (SSSR count). The van der Waals surface area contributed by atoms with Crippen molar-refractivity contribution >= 4 is 29.6 Å². The summed E-state index contributed by atoms with van der Waals surface area (Å²) in [6.45, 7) is 18.6. The number of ether oxygens (including phenoxy) is 5. The monoisotopic (exact) mass is 848 g/mol. The molecule has 1 aromatic rings. The highest BCUT2D eigenvalue weighted by Gasteiger charge is 2.56. The number of cyclic esters (lactones) is 1. The summed E-state index contributed by atoms with van der Waals surface area (Å²) in [5.41, 5.74) is -2.10. The lowest BCUT2D eigenvalue weighted by atomic mass is 9.85. The summed E-state index contributed by atoms with van der Waals surface area (Å²) in [4.78, 5) is 39.8. The molecule has 2 aliphatic heterocycles. The topological polar surface area (TPSA) is 177 Å². The Morgan fingerprint density at radius 1 is 1.14 bits per heavy atom. The second kappa shape index (κ2) is 22.0. The number of amides is 1. The number of esters is 2. The van der Waals surface area contributed by atoms with E-state index in [1.807, 2.05) is 31.2 Å². The van der Waals surface area contributed by atoms with Gasteiger partial charge in [-0.2, -0.15) is 0 Å². The quantitative estimate of drug-likeness (QED) is 0.0471. The van der Waals surface area contributed by atoms with E-state index in [1.165, 1.54) is 13.8 Å². The molecule has 2 aliphatic rings. The Balaban J connectivity index is 2.02. The predicted molar refractivity (Wildman–Crippen MR) is 227 cm³/mol. The molecule has 0 spiro atoms. The van der Waals surface area contributed by atoms with E-state index >= 15 is 0 Å². The van der Waals surface area contributed by atoms with Crippen molar-refractivity contribution < 1.29 is 53.4 Å². The maximum Gasteiger partial charge on any atom is 0.407 e. The summed E-state index contributed by atoms with van der Waals surface area (Å²) >= 11 is 6.24. The third-order valence-corrected chi connectivity index (χ3v) is 11.2. The van der Waals surface area contributed by atoms with Gasteiger partial charge in [-0.15, -0.1) is 0 Å². The molecule has 13 nitrogen and oxygen atoms in total. The first kappa shape index (κ1) is 50.1. The van der Waals surface area contributed by atoms with Gasteiger partial charge in [0.25, 0.3) is 0 Å². The molecule has 0 aliphatic carbocycles. The van der Waals surface area contributed by atoms with Crippen LogP contribution in [0.5, 0.6) is 0 Å². The van der Waals surface area contributed by atoms with Gasteiger partial charge in [0.1, 0.15) is 29.5 Å². The molecule has 59 heavy (non-hydrogen) atoms. The molecule has 1 saturated heterocycles. The molecule has 1 fully saturated rings. The number of benzene rings is 1. The van der Waals surface area contributed by atoms with Crippen LogP contribution in [-0.4, -0.2) is 118 Å². The molecular formula is C45H69ClN2O11. The second-order valence-electron chi connectivity index (χ2n) is 17.5. The molecule has 2 heterocycles. The lowest BCUT2D eigenvalue weighted by Gasteiger charge is -2.39. The largest absolute Gasteiger partial charge is 0.457 e. The van der Waals surface area contributed by atoms with Crippen LogP contribution in [0, 0.1) is 11.8 Å². The van der Waals surface area contributed by atoms with Crippen molar-refractivity contribution in [1.29, 1.82) is 0 Å². The van der Waals surface area contributed by atoms with E-state index in [0.29, 0.717) is 23.7 Å². The zero-order chi connectivity index (χ0) is 44.3. The molecule has 14 heteroatoms. The lowest BCUT2D eigenvalue weighted by Crippen LogP contribution is -2.55. The third-order valence-electron chi connectivity index (χ3n) is 10.9. The number of hydrogen-bond acceptors (Lipinski definition) is 12. The van der Waals surface area contributed by atoms with Crippen molar-refractivity contribution in [2.24, 2.45) is 11.8 Å². The average Bonchev–Trinajstić information content (AvgIpc) is 3.91. The summed E-state index contributed by atoms with van der Waals surface area (Å²) in [5.74, 6) is -1.59. The first-order valence-electron chi connectivity index (χ1n) is 20.6. The number of methoxy groups -OCH3 is 1. The number of epoxide rings is 1. The van der Waals surface area contributed by atoms with Crippen LogP contribution in [0.25, 0.3) is 0 Å². The number of nitrogens with one attached hydrogen (secondary N) is 1. The van der Waals surface area contributed by atoms with Crippen molar-refractivity contribution in [2.75, 3.05) is 20.2 Å². The van der Waals surface area contributed by atoms with Crippen LogP contribution in [-0.2, 0) is 39.8 Å². The Labute approximate surface area is 356 Å². The molecule has 0 saturated carbocycles. The third kappa shape index (κ3) is 15.9. The number of carbonyl (C=O) groups is 3. The van der Waals surface area contributed by atoms with Crippen LogP contribution in [0.4, 0.5) is 4.79 Å². The minimum Gasteiger partial charge on any atom is -0.457 e. The molecule has 1 aromatic carbocycles. The number of aliphatic hydroxyl groups is 3. The summed E-state index contributed by atoms with van der Waals surface area (Å²) < 4.78 is 29.1. The van der Waals surface area contributed by atoms with Gasteiger partial charge in [0.05, 0.1) is 36.4 Å². The highest BCUT2D eigenvalue weighted by Crippen LogP contribution is 2.41. The van der Waals surface area contributed by atoms with Gasteiger partial charge >= 0.3 is 18.0 Å². The highest BCUT2D eigenvalue weighted by molar-refractivity contribution is 6.30. The number of aliphatic hydroxyl groups excluding tert-OH is 1. The van der Waals surface area contributed by atoms with Gasteiger partial charge in [0, 0.05) is 50.5 Å². The highest BCUT2D eigenvalue weighted by atomic mass is 35.5. The maximum atomic E-state index is 13.1. The van der Waals surface area contributed by atoms with Crippen LogP contribution < -0.4 is 5.32 Å². The lowest BCUT2D eigenvalue weighted by molar-refractivity contribution is -0.157. The van der Waals surface area contributed by atoms with Crippen molar-refractivity contribution in [3.8, 4) is 0 Å². The van der Waals surface area contributed by atoms with Crippen molar-refractivity contribution in [3.63, 3.8) is 0 Å². The first-order chi connectivity index (χ1) is 27.5. The van der Waals surface area contributed by atoms with Crippen LogP contribution in [0.2, 0.25) is 5.02 Å². The smallest absolute Gasteiger partial charge is 0.407 e. The Bertz CT molecular complexity index is 1620. The Morgan fingerprint density at radius 2 is 1.80 bits per heavy atom. The van der Waals surface area contributed by atoms with E-state index in [0.717, 1.165) is 12.0 Å². The fourth-order valence-electron chi connectivity index (χ4n) is 7.66. The van der Waals surface area contributed by atoms with Gasteiger partial charge in [0.15, 0.2) is 0 Å². The summed E-state index contributed by atoms with van der Waals surface area (Å²) in [6, 6.07) is 6.85. The van der Waals surface area contributed by atoms with Gasteiger partial charge in [-0.25, -0.2) is 4.79 Å². The van der Waals surface area contributed by atoms with Crippen molar-refractivity contribution in [3.05, 3.63) is 70.8 Å². The minimum atomic E-state index is -1.51. The van der Waals surface area contributed by atoms with Crippen molar-refractivity contribution in [2.45, 2.75) is 161 Å². The van der Waals surface area contributed by atoms with Gasteiger partial charge in [-0.1, -0.05) is 68.8 Å². The number of nitrogens with zero attached hydrogens (tertiary/aromatic N) is 1. The zero-order valence-corrected chi connectivity index (χ0v) is 37.5. The number of alkyl carbamates (subject to hydrolysis) is 1. The standard InChI is InChI=1S/C45H69ClN2O11/c1-12-35(55-11)30(4)39-40(58-39)41(48(27-32-16-18-33(46)19-17-32)25-24-47-42(52)59-43(6,7)8)45(10,54)22-13-14-28(2)38-29(3)15-20-36(56-31(5)49)44(9,53)23-21-34(50)26-37(51)57-38/h13-20,22,29-30,34-36,38-41,50,53-54H,12,21,23-27H2,1-11H3,(H,47,52)/b20-15+,22-13+,28-14+/t29-,30+,34+,35-,36-,38+,39?,40-,41?,44+,45?/m0/s1. The van der Waals surface area contributed by atoms with E-state index in [9.17, 15) is 29.7 Å². The Kier molecular flexibility index (Phi) is 18.7. The van der Waals surface area contributed by atoms with Gasteiger partial charge in [0.2, 0.25) is 0 Å². The van der Waals surface area contributed by atoms with Crippen LogP contribution in [0.3, 0.4) is 0 Å². The molecule has 0 bridgehead atoms. The average molecular weight is 850 g/mol. The summed E-state index contributed by atoms with van der Waals surface area (Å²) in [5, 5.41) is 37.8. The van der Waals surface area contributed by atoms with Crippen LogP contribution in [0.1, 0.15) is 100 Å². The molecular weight excluding hydrogens is 780 g/mol. The second-order valence-corrected chi connectivity index (χ2v) is 17.9. The van der Waals surface area contributed by atoms with E-state index < -0.39 is 71.2 Å². The van der Waals surface area contributed by atoms with Gasteiger partial charge < -0.3 is 44.3 Å². The normalized spacial score (nSPS) is 28.9. The molecule has 11 atom stereocenters. The van der Waals surface area contributed by atoms with Crippen LogP contribution >= 0.6 is 11.6 Å². The first-order valence-corrected chi connectivity index (χ1v) is 21.0. The fourth-order valence-corrected chi connectivity index (χ4v) is 7.79. The Morgan fingerprint density at radius 3 is 2.39 bits per heavy atom. The number of rotatable bonds is 16. The maximum absolute atomic E-state index is 13.1. The number of allylic oxidation sites excluding steroid dienone is 2. The molecule has 0 radical (unpaired) electrons. The SMILES string of the molecule is CC[C@H](OC)[C@@H](C)C1O[C@@H]1C(N(CCNC(=O)OC(C)(C)C)Cc1ccc(Cl)cc1)C(C)(O)/C=C/C=C(\C)[C@H]1OC(=O)C[C@H](O)CC[C@@](C)(O)[C@@H](OC(C)=O)/C=C/[C@@H]1C. The fraction of sp³-hybridized carbons (Fsp3) is 0.667. The number of halogens is 1. The zero-order valence-electron chi connectivity index (χ0n) is 36.8. The molecule has 4 N–H and O–H groups in total. The van der Waals surface area contributed by atoms with E-state index in [4.69, 9.17) is 35.3 Å². The number of carbonyl (C=O) groups excluding carboxylic acids is 3. The minimum absolute atomic E-state index is 0.0182. The summed E-state index contributed by atoms with van der Waals surface area (Å²) in [6.07, 6.45) is 5.06. The van der Waals surface area contributed by atoms with E-state index in [-0.39, 0.29) is 43.9 Å². The van der Waals surface area contributed by atoms with Gasteiger partial charge in [-0.3, -0.25) is 14.5 Å². The molecule has 1 amide bonds. The molecule has 3 unspecified atom stereocenters. The van der Waals surface area contributed by atoms with Gasteiger partial charge in [-0.05, 0) is 90.2 Å². The van der Waals surface area contributed by atoms with E-state index in [2.05, 4.69) is 24.1 Å². The van der Waals surface area contributed by atoms with E-state index in [1.54, 1.807) is 72.1 Å². The molecule has 0 aromatic heterocycles. The van der Waals surface area contributed by atoms with Crippen molar-refractivity contribution in [1.82, 2.24) is 10.2 Å².